The van der Waals surface area contributed by atoms with Crippen LogP contribution in [0.25, 0.3) is 0 Å². The quantitative estimate of drug-likeness (QED) is 0.924. The molecule has 1 rings (SSSR count). The minimum atomic E-state index is 0. The van der Waals surface area contributed by atoms with Gasteiger partial charge in [0, 0.05) is 6.54 Å². The van der Waals surface area contributed by atoms with Crippen molar-refractivity contribution >= 4 is 44.3 Å². The molecule has 0 saturated carbocycles. The number of ether oxygens (including phenoxy) is 1. The summed E-state index contributed by atoms with van der Waals surface area (Å²) in [6, 6.07) is 5.79. The summed E-state index contributed by atoms with van der Waals surface area (Å²) in [7, 11) is 0. The Kier molecular flexibility index (Phi) is 6.77. The van der Waals surface area contributed by atoms with Crippen LogP contribution < -0.4 is 10.5 Å². The first-order valence-corrected chi connectivity index (χ1v) is 5.11. The largest absolute Gasteiger partial charge is 0.490 e. The predicted molar refractivity (Wildman–Crippen MR) is 63.6 cm³/mol. The van der Waals surface area contributed by atoms with E-state index in [-0.39, 0.29) is 12.4 Å². The van der Waals surface area contributed by atoms with Gasteiger partial charge in [-0.1, -0.05) is 6.07 Å². The number of para-hydroxylation sites is 1. The molecule has 0 radical (unpaired) electrons. The molecular weight excluding hydrogens is 321 g/mol. The highest BCUT2D eigenvalue weighted by atomic mass is 79.9. The Hall–Kier alpha value is 0.230. The SMILES string of the molecule is Cl.NCCOc1c(Br)cccc1Br. The first-order chi connectivity index (χ1) is 5.75. The van der Waals surface area contributed by atoms with Gasteiger partial charge in [0.2, 0.25) is 0 Å². The maximum atomic E-state index is 5.40. The molecule has 0 bridgehead atoms. The highest BCUT2D eigenvalue weighted by Gasteiger charge is 2.03. The molecule has 0 aliphatic carbocycles. The molecule has 0 aromatic heterocycles. The van der Waals surface area contributed by atoms with Crippen LogP contribution in [0.3, 0.4) is 0 Å². The number of nitrogens with two attached hydrogens (primary N) is 1. The number of halogens is 3. The smallest absolute Gasteiger partial charge is 0.147 e. The molecule has 0 aliphatic heterocycles. The average Bonchev–Trinajstić information content (AvgIpc) is 2.04. The molecule has 0 unspecified atom stereocenters. The standard InChI is InChI=1S/C8H9Br2NO.ClH/c9-6-2-1-3-7(10)8(6)12-5-4-11;/h1-3H,4-5,11H2;1H. The van der Waals surface area contributed by atoms with E-state index in [1.807, 2.05) is 18.2 Å². The molecule has 2 N–H and O–H groups in total. The lowest BCUT2D eigenvalue weighted by Crippen LogP contribution is -2.11. The van der Waals surface area contributed by atoms with Crippen molar-refractivity contribution in [2.75, 3.05) is 13.2 Å². The number of rotatable bonds is 3. The van der Waals surface area contributed by atoms with Crippen LogP contribution in [0, 0.1) is 0 Å². The van der Waals surface area contributed by atoms with Crippen LogP contribution in [-0.2, 0) is 0 Å². The van der Waals surface area contributed by atoms with E-state index in [0.29, 0.717) is 13.2 Å². The molecule has 5 heteroatoms. The molecule has 1 aromatic rings. The molecule has 0 fully saturated rings. The van der Waals surface area contributed by atoms with E-state index in [1.54, 1.807) is 0 Å². The van der Waals surface area contributed by atoms with Crippen LogP contribution in [0.1, 0.15) is 0 Å². The first-order valence-electron chi connectivity index (χ1n) is 3.52. The van der Waals surface area contributed by atoms with E-state index in [2.05, 4.69) is 31.9 Å². The third kappa shape index (κ3) is 3.85. The van der Waals surface area contributed by atoms with Gasteiger partial charge in [-0.2, -0.15) is 0 Å². The van der Waals surface area contributed by atoms with E-state index < -0.39 is 0 Å². The zero-order chi connectivity index (χ0) is 8.97. The van der Waals surface area contributed by atoms with Gasteiger partial charge in [0.25, 0.3) is 0 Å². The van der Waals surface area contributed by atoms with Crippen molar-refractivity contribution < 1.29 is 4.74 Å². The second-order valence-electron chi connectivity index (χ2n) is 2.19. The summed E-state index contributed by atoms with van der Waals surface area (Å²) in [5.74, 6) is 0.808. The van der Waals surface area contributed by atoms with E-state index in [4.69, 9.17) is 10.5 Å². The summed E-state index contributed by atoms with van der Waals surface area (Å²) in [6.45, 7) is 1.05. The van der Waals surface area contributed by atoms with Crippen LogP contribution >= 0.6 is 44.3 Å². The molecule has 2 nitrogen and oxygen atoms in total. The van der Waals surface area contributed by atoms with E-state index >= 15 is 0 Å². The lowest BCUT2D eigenvalue weighted by atomic mass is 10.3. The fourth-order valence-corrected chi connectivity index (χ4v) is 2.01. The molecule has 0 aliphatic rings. The molecular formula is C8H10Br2ClNO. The summed E-state index contributed by atoms with van der Waals surface area (Å²) in [5.41, 5.74) is 5.32. The predicted octanol–water partition coefficient (Wildman–Crippen LogP) is 2.97. The second-order valence-corrected chi connectivity index (χ2v) is 3.90. The fraction of sp³-hybridized carbons (Fsp3) is 0.250. The number of benzene rings is 1. The van der Waals surface area contributed by atoms with Crippen LogP contribution in [-0.4, -0.2) is 13.2 Å². The summed E-state index contributed by atoms with van der Waals surface area (Å²) in [5, 5.41) is 0. The van der Waals surface area contributed by atoms with Crippen LogP contribution in [0.5, 0.6) is 5.75 Å². The Morgan fingerprint density at radius 2 is 1.77 bits per heavy atom. The Labute approximate surface area is 101 Å². The van der Waals surface area contributed by atoms with Gasteiger partial charge in [-0.05, 0) is 44.0 Å². The van der Waals surface area contributed by atoms with Gasteiger partial charge in [0.05, 0.1) is 8.95 Å². The average molecular weight is 331 g/mol. The monoisotopic (exact) mass is 329 g/mol. The fourth-order valence-electron chi connectivity index (χ4n) is 0.781. The Bertz CT molecular complexity index is 250. The lowest BCUT2D eigenvalue weighted by molar-refractivity contribution is 0.324. The Morgan fingerprint density at radius 1 is 1.23 bits per heavy atom. The molecule has 1 aromatic carbocycles. The van der Waals surface area contributed by atoms with Crippen LogP contribution in [0.2, 0.25) is 0 Å². The van der Waals surface area contributed by atoms with Gasteiger partial charge in [0.1, 0.15) is 12.4 Å². The minimum Gasteiger partial charge on any atom is -0.490 e. The third-order valence-corrected chi connectivity index (χ3v) is 2.53. The zero-order valence-electron chi connectivity index (χ0n) is 6.80. The highest BCUT2D eigenvalue weighted by molar-refractivity contribution is 9.11. The lowest BCUT2D eigenvalue weighted by Gasteiger charge is -2.08. The summed E-state index contributed by atoms with van der Waals surface area (Å²) in [4.78, 5) is 0. The number of hydrogen-bond acceptors (Lipinski definition) is 2. The topological polar surface area (TPSA) is 35.2 Å². The molecule has 0 heterocycles. The molecule has 0 spiro atoms. The van der Waals surface area contributed by atoms with Crippen LogP contribution in [0.15, 0.2) is 27.1 Å². The van der Waals surface area contributed by atoms with Crippen molar-refractivity contribution in [3.05, 3.63) is 27.1 Å². The summed E-state index contributed by atoms with van der Waals surface area (Å²) < 4.78 is 7.27. The van der Waals surface area contributed by atoms with E-state index in [9.17, 15) is 0 Å². The van der Waals surface area contributed by atoms with Gasteiger partial charge in [-0.25, -0.2) is 0 Å². The third-order valence-electron chi connectivity index (χ3n) is 1.28. The van der Waals surface area contributed by atoms with Gasteiger partial charge >= 0.3 is 0 Å². The minimum absolute atomic E-state index is 0. The summed E-state index contributed by atoms with van der Waals surface area (Å²) in [6.07, 6.45) is 0. The van der Waals surface area contributed by atoms with Crippen molar-refractivity contribution in [3.8, 4) is 5.75 Å². The van der Waals surface area contributed by atoms with E-state index in [1.165, 1.54) is 0 Å². The molecule has 74 valence electrons. The molecule has 0 saturated heterocycles. The normalized spacial score (nSPS) is 9.15. The maximum Gasteiger partial charge on any atom is 0.147 e. The molecule has 13 heavy (non-hydrogen) atoms. The van der Waals surface area contributed by atoms with Crippen molar-refractivity contribution in [1.29, 1.82) is 0 Å². The first kappa shape index (κ1) is 13.2. The molecule has 0 atom stereocenters. The maximum absolute atomic E-state index is 5.40. The Balaban J connectivity index is 0.00000144. The van der Waals surface area contributed by atoms with E-state index in [0.717, 1.165) is 14.7 Å². The van der Waals surface area contributed by atoms with Gasteiger partial charge < -0.3 is 10.5 Å². The van der Waals surface area contributed by atoms with Gasteiger partial charge in [-0.3, -0.25) is 0 Å². The summed E-state index contributed by atoms with van der Waals surface area (Å²) >= 11 is 6.76. The van der Waals surface area contributed by atoms with Gasteiger partial charge in [0.15, 0.2) is 0 Å². The van der Waals surface area contributed by atoms with Gasteiger partial charge in [-0.15, -0.1) is 12.4 Å². The van der Waals surface area contributed by atoms with Crippen molar-refractivity contribution in [2.24, 2.45) is 5.73 Å². The second kappa shape index (κ2) is 6.65. The number of hydrogen-bond donors (Lipinski definition) is 1. The molecule has 0 amide bonds. The van der Waals surface area contributed by atoms with Crippen molar-refractivity contribution in [1.82, 2.24) is 0 Å². The van der Waals surface area contributed by atoms with Crippen molar-refractivity contribution in [3.63, 3.8) is 0 Å². The Morgan fingerprint density at radius 3 is 2.23 bits per heavy atom. The van der Waals surface area contributed by atoms with Crippen molar-refractivity contribution in [2.45, 2.75) is 0 Å². The zero-order valence-corrected chi connectivity index (χ0v) is 10.8. The highest BCUT2D eigenvalue weighted by Crippen LogP contribution is 2.32. The van der Waals surface area contributed by atoms with Crippen LogP contribution in [0.4, 0.5) is 0 Å².